The number of halogens is 1. The first-order valence-corrected chi connectivity index (χ1v) is 10.3. The van der Waals surface area contributed by atoms with E-state index in [2.05, 4.69) is 88.9 Å². The van der Waals surface area contributed by atoms with E-state index in [1.54, 1.807) is 5.57 Å². The zero-order valence-electron chi connectivity index (χ0n) is 16.3. The van der Waals surface area contributed by atoms with Gasteiger partial charge in [-0.1, -0.05) is 86.7 Å². The summed E-state index contributed by atoms with van der Waals surface area (Å²) in [6.45, 7) is 18.1. The third-order valence-corrected chi connectivity index (χ3v) is 6.12. The molecule has 2 aliphatic carbocycles. The quantitative estimate of drug-likeness (QED) is 0.314. The minimum Gasteiger partial charge on any atom is -0.0988 e. The van der Waals surface area contributed by atoms with E-state index < -0.39 is 0 Å². The summed E-state index contributed by atoms with van der Waals surface area (Å²) >= 11 is 2.53. The molecule has 0 aromatic heterocycles. The molecule has 0 fully saturated rings. The summed E-state index contributed by atoms with van der Waals surface area (Å²) in [5.74, 6) is 0. The van der Waals surface area contributed by atoms with Crippen LogP contribution in [0.2, 0.25) is 0 Å². The lowest BCUT2D eigenvalue weighted by Gasteiger charge is -2.34. The molecule has 0 radical (unpaired) electrons. The van der Waals surface area contributed by atoms with Crippen LogP contribution in [-0.2, 0) is 0 Å². The molecule has 1 unspecified atom stereocenters. The van der Waals surface area contributed by atoms with E-state index in [9.17, 15) is 0 Å². The van der Waals surface area contributed by atoms with Crippen LogP contribution in [0.1, 0.15) is 67.2 Å². The van der Waals surface area contributed by atoms with Crippen LogP contribution in [0.15, 0.2) is 58.7 Å². The molecule has 132 valence electrons. The standard InChI is InChI=1S/C23H33I/c1-8-18-9-19(13-22(4,5)12-18)10-20-11-21(16(2)17(3)24)15-23(6,7)14-20/h8-11,17H,1,12-15H2,2-7H3/b19-10-,21-16-. The Balaban J connectivity index is 2.43. The summed E-state index contributed by atoms with van der Waals surface area (Å²) in [5, 5.41) is 0. The Hall–Kier alpha value is -0.570. The maximum Gasteiger partial charge on any atom is 0.0293 e. The molecule has 0 amide bonds. The molecule has 0 nitrogen and oxygen atoms in total. The van der Waals surface area contributed by atoms with E-state index >= 15 is 0 Å². The Kier molecular flexibility index (Phi) is 6.05. The SMILES string of the molecule is C=CC1=C/C(=C/C2=CC(=C(\C)C(C)I)/CC(C)(C)C2)CC(C)(C)C1. The van der Waals surface area contributed by atoms with Crippen molar-refractivity contribution in [3.8, 4) is 0 Å². The van der Waals surface area contributed by atoms with Crippen LogP contribution < -0.4 is 0 Å². The molecule has 0 aromatic rings. The van der Waals surface area contributed by atoms with Gasteiger partial charge in [0.2, 0.25) is 0 Å². The monoisotopic (exact) mass is 436 g/mol. The van der Waals surface area contributed by atoms with Gasteiger partial charge in [-0.3, -0.25) is 0 Å². The molecule has 1 heteroatoms. The van der Waals surface area contributed by atoms with Crippen LogP contribution in [0.25, 0.3) is 0 Å². The lowest BCUT2D eigenvalue weighted by atomic mass is 9.72. The molecule has 0 saturated carbocycles. The van der Waals surface area contributed by atoms with Gasteiger partial charge in [0.25, 0.3) is 0 Å². The Morgan fingerprint density at radius 2 is 1.62 bits per heavy atom. The molecular formula is C23H33I. The first-order chi connectivity index (χ1) is 11.0. The first kappa shape index (κ1) is 19.8. The lowest BCUT2D eigenvalue weighted by molar-refractivity contribution is 0.349. The van der Waals surface area contributed by atoms with Gasteiger partial charge in [0, 0.05) is 3.92 Å². The maximum atomic E-state index is 3.99. The molecule has 2 rings (SSSR count). The zero-order valence-corrected chi connectivity index (χ0v) is 18.5. The molecule has 0 heterocycles. The second-order valence-electron chi connectivity index (χ2n) is 9.22. The predicted molar refractivity (Wildman–Crippen MR) is 117 cm³/mol. The second kappa shape index (κ2) is 7.35. The van der Waals surface area contributed by atoms with E-state index in [-0.39, 0.29) is 0 Å². The summed E-state index contributed by atoms with van der Waals surface area (Å²) in [7, 11) is 0. The highest BCUT2D eigenvalue weighted by molar-refractivity contribution is 14.1. The van der Waals surface area contributed by atoms with Crippen LogP contribution in [0, 0.1) is 10.8 Å². The Morgan fingerprint density at radius 3 is 2.21 bits per heavy atom. The van der Waals surface area contributed by atoms with Crippen molar-refractivity contribution >= 4 is 22.6 Å². The van der Waals surface area contributed by atoms with Crippen molar-refractivity contribution in [3.05, 3.63) is 58.7 Å². The highest BCUT2D eigenvalue weighted by Gasteiger charge is 2.28. The number of hydrogen-bond acceptors (Lipinski definition) is 0. The van der Waals surface area contributed by atoms with Crippen LogP contribution in [0.4, 0.5) is 0 Å². The molecule has 0 N–H and O–H groups in total. The van der Waals surface area contributed by atoms with Gasteiger partial charge in [0.1, 0.15) is 0 Å². The van der Waals surface area contributed by atoms with Crippen LogP contribution in [0.5, 0.6) is 0 Å². The minimum absolute atomic E-state index is 0.333. The van der Waals surface area contributed by atoms with Gasteiger partial charge in [-0.15, -0.1) is 0 Å². The smallest absolute Gasteiger partial charge is 0.0293 e. The summed E-state index contributed by atoms with van der Waals surface area (Å²) in [6, 6.07) is 0. The average Bonchev–Trinajstić information content (AvgIpc) is 2.42. The third-order valence-electron chi connectivity index (χ3n) is 5.18. The average molecular weight is 436 g/mol. The minimum atomic E-state index is 0.333. The van der Waals surface area contributed by atoms with E-state index in [1.165, 1.54) is 35.1 Å². The number of hydrogen-bond donors (Lipinski definition) is 0. The Morgan fingerprint density at radius 1 is 1.04 bits per heavy atom. The van der Waals surface area contributed by atoms with Crippen molar-refractivity contribution < 1.29 is 0 Å². The first-order valence-electron chi connectivity index (χ1n) is 9.09. The van der Waals surface area contributed by atoms with Crippen molar-refractivity contribution in [1.29, 1.82) is 0 Å². The molecule has 1 atom stereocenters. The molecule has 0 spiro atoms. The van der Waals surface area contributed by atoms with Gasteiger partial charge in [0.05, 0.1) is 0 Å². The van der Waals surface area contributed by atoms with E-state index in [0.717, 1.165) is 12.8 Å². The summed E-state index contributed by atoms with van der Waals surface area (Å²) in [5.41, 5.74) is 8.09. The predicted octanol–water partition coefficient (Wildman–Crippen LogP) is 7.73. The van der Waals surface area contributed by atoms with E-state index in [0.29, 0.717) is 14.8 Å². The summed E-state index contributed by atoms with van der Waals surface area (Å²) < 4.78 is 0.595. The normalized spacial score (nSPS) is 28.0. The number of allylic oxidation sites excluding steroid dienone is 9. The van der Waals surface area contributed by atoms with Crippen molar-refractivity contribution in [2.75, 3.05) is 0 Å². The van der Waals surface area contributed by atoms with Gasteiger partial charge in [-0.05, 0) is 72.7 Å². The maximum absolute atomic E-state index is 3.99. The largest absolute Gasteiger partial charge is 0.0988 e. The van der Waals surface area contributed by atoms with Crippen LogP contribution >= 0.6 is 22.6 Å². The molecule has 0 saturated heterocycles. The molecule has 0 bridgehead atoms. The molecule has 0 aliphatic heterocycles. The molecule has 0 aromatic carbocycles. The van der Waals surface area contributed by atoms with Crippen LogP contribution in [-0.4, -0.2) is 3.92 Å². The zero-order chi connectivity index (χ0) is 18.1. The molecule has 2 aliphatic rings. The fourth-order valence-corrected chi connectivity index (χ4v) is 4.43. The molecule has 24 heavy (non-hydrogen) atoms. The Bertz CT molecular complexity index is 633. The summed E-state index contributed by atoms with van der Waals surface area (Å²) in [4.78, 5) is 0. The van der Waals surface area contributed by atoms with Crippen molar-refractivity contribution in [2.45, 2.75) is 71.2 Å². The second-order valence-corrected chi connectivity index (χ2v) is 11.1. The van der Waals surface area contributed by atoms with Crippen molar-refractivity contribution in [1.82, 2.24) is 0 Å². The van der Waals surface area contributed by atoms with Crippen molar-refractivity contribution in [2.24, 2.45) is 10.8 Å². The fourth-order valence-electron chi connectivity index (χ4n) is 4.03. The molecular weight excluding hydrogens is 403 g/mol. The lowest BCUT2D eigenvalue weighted by Crippen LogP contribution is -2.19. The van der Waals surface area contributed by atoms with Gasteiger partial charge in [-0.25, -0.2) is 0 Å². The highest BCUT2D eigenvalue weighted by atomic mass is 127. The fraction of sp³-hybridized carbons (Fsp3) is 0.565. The van der Waals surface area contributed by atoms with Gasteiger partial charge in [-0.2, -0.15) is 0 Å². The van der Waals surface area contributed by atoms with Gasteiger partial charge in [0.15, 0.2) is 0 Å². The van der Waals surface area contributed by atoms with E-state index in [4.69, 9.17) is 0 Å². The van der Waals surface area contributed by atoms with Crippen LogP contribution in [0.3, 0.4) is 0 Å². The highest BCUT2D eigenvalue weighted by Crippen LogP contribution is 2.43. The van der Waals surface area contributed by atoms with Crippen molar-refractivity contribution in [3.63, 3.8) is 0 Å². The summed E-state index contributed by atoms with van der Waals surface area (Å²) in [6.07, 6.45) is 14.0. The van der Waals surface area contributed by atoms with Gasteiger partial charge >= 0.3 is 0 Å². The third kappa shape index (κ3) is 5.21. The number of alkyl halides is 1. The topological polar surface area (TPSA) is 0 Å². The van der Waals surface area contributed by atoms with E-state index in [1.807, 2.05) is 6.08 Å². The number of rotatable bonds is 3. The van der Waals surface area contributed by atoms with Gasteiger partial charge < -0.3 is 0 Å². The Labute approximate surface area is 163 Å².